The Hall–Kier alpha value is -0.820. The highest BCUT2D eigenvalue weighted by Gasteiger charge is 2.12. The first-order valence-corrected chi connectivity index (χ1v) is 8.18. The van der Waals surface area contributed by atoms with Crippen LogP contribution in [0, 0.1) is 0 Å². The number of nitrogens with two attached hydrogens (primary N) is 1. The van der Waals surface area contributed by atoms with E-state index in [0.717, 1.165) is 6.42 Å². The number of benzene rings is 1. The number of hydrogen-bond acceptors (Lipinski definition) is 1. The van der Waals surface area contributed by atoms with Crippen LogP contribution in [-0.4, -0.2) is 0 Å². The van der Waals surface area contributed by atoms with E-state index in [1.807, 2.05) is 0 Å². The van der Waals surface area contributed by atoms with Crippen molar-refractivity contribution >= 4 is 0 Å². The van der Waals surface area contributed by atoms with Gasteiger partial charge in [-0.3, -0.25) is 0 Å². The van der Waals surface area contributed by atoms with Crippen molar-refractivity contribution < 1.29 is 0 Å². The van der Waals surface area contributed by atoms with Gasteiger partial charge in [0.25, 0.3) is 0 Å². The fourth-order valence-corrected chi connectivity index (χ4v) is 3.12. The average Bonchev–Trinajstić information content (AvgIpc) is 2.46. The Morgan fingerprint density at radius 1 is 1.00 bits per heavy atom. The standard InChI is InChI=1S/C18H29N/c1-2-3-4-5-6-11-18(19)17-13-12-15-9-7-8-10-16(15)14-17/h12-14,18H,2-11,19H2,1H3. The van der Waals surface area contributed by atoms with Gasteiger partial charge in [-0.2, -0.15) is 0 Å². The van der Waals surface area contributed by atoms with E-state index in [9.17, 15) is 0 Å². The molecule has 1 heteroatoms. The number of aryl methyl sites for hydroxylation is 2. The third-order valence-electron chi connectivity index (χ3n) is 4.42. The molecule has 0 fully saturated rings. The second-order valence-electron chi connectivity index (χ2n) is 6.04. The summed E-state index contributed by atoms with van der Waals surface area (Å²) in [6.07, 6.45) is 13.0. The van der Waals surface area contributed by atoms with Crippen LogP contribution in [0.15, 0.2) is 18.2 Å². The Morgan fingerprint density at radius 2 is 1.74 bits per heavy atom. The summed E-state index contributed by atoms with van der Waals surface area (Å²) in [4.78, 5) is 0. The van der Waals surface area contributed by atoms with Gasteiger partial charge in [0, 0.05) is 6.04 Å². The molecule has 19 heavy (non-hydrogen) atoms. The minimum absolute atomic E-state index is 0.244. The van der Waals surface area contributed by atoms with Crippen molar-refractivity contribution in [2.45, 2.75) is 77.2 Å². The molecule has 0 aromatic heterocycles. The van der Waals surface area contributed by atoms with Crippen LogP contribution in [0.2, 0.25) is 0 Å². The molecule has 1 aliphatic carbocycles. The Morgan fingerprint density at radius 3 is 2.53 bits per heavy atom. The Labute approximate surface area is 118 Å². The molecule has 0 saturated carbocycles. The van der Waals surface area contributed by atoms with E-state index in [1.165, 1.54) is 63.4 Å². The van der Waals surface area contributed by atoms with Gasteiger partial charge in [0.15, 0.2) is 0 Å². The smallest absolute Gasteiger partial charge is 0.0294 e. The number of fused-ring (bicyclic) bond motifs is 1. The van der Waals surface area contributed by atoms with Crippen LogP contribution in [-0.2, 0) is 12.8 Å². The van der Waals surface area contributed by atoms with Crippen LogP contribution in [0.4, 0.5) is 0 Å². The number of unbranched alkanes of at least 4 members (excludes halogenated alkanes) is 4. The Balaban J connectivity index is 1.83. The predicted molar refractivity (Wildman–Crippen MR) is 83.4 cm³/mol. The van der Waals surface area contributed by atoms with Crippen LogP contribution < -0.4 is 5.73 Å². The van der Waals surface area contributed by atoms with Gasteiger partial charge < -0.3 is 5.73 Å². The SMILES string of the molecule is CCCCCCCC(N)c1ccc2c(c1)CCCC2. The van der Waals surface area contributed by atoms with E-state index >= 15 is 0 Å². The van der Waals surface area contributed by atoms with Crippen molar-refractivity contribution in [3.63, 3.8) is 0 Å². The molecular weight excluding hydrogens is 230 g/mol. The lowest BCUT2D eigenvalue weighted by atomic mass is 9.88. The highest BCUT2D eigenvalue weighted by molar-refractivity contribution is 5.35. The highest BCUT2D eigenvalue weighted by Crippen LogP contribution is 2.26. The molecule has 0 saturated heterocycles. The molecule has 0 amide bonds. The monoisotopic (exact) mass is 259 g/mol. The highest BCUT2D eigenvalue weighted by atomic mass is 14.6. The van der Waals surface area contributed by atoms with Crippen LogP contribution in [0.25, 0.3) is 0 Å². The summed E-state index contributed by atoms with van der Waals surface area (Å²) >= 11 is 0. The maximum absolute atomic E-state index is 6.34. The van der Waals surface area contributed by atoms with Gasteiger partial charge in [0.1, 0.15) is 0 Å². The summed E-state index contributed by atoms with van der Waals surface area (Å²) in [5.41, 5.74) is 10.8. The molecule has 0 radical (unpaired) electrons. The second kappa shape index (κ2) is 7.69. The van der Waals surface area contributed by atoms with Crippen molar-refractivity contribution in [3.8, 4) is 0 Å². The van der Waals surface area contributed by atoms with E-state index in [2.05, 4.69) is 25.1 Å². The molecule has 1 aromatic rings. The molecule has 106 valence electrons. The van der Waals surface area contributed by atoms with Gasteiger partial charge in [-0.15, -0.1) is 0 Å². The molecule has 0 aliphatic heterocycles. The van der Waals surface area contributed by atoms with Crippen LogP contribution in [0.5, 0.6) is 0 Å². The normalized spacial score (nSPS) is 16.1. The molecule has 0 spiro atoms. The van der Waals surface area contributed by atoms with E-state index in [0.29, 0.717) is 0 Å². The zero-order valence-electron chi connectivity index (χ0n) is 12.5. The third-order valence-corrected chi connectivity index (χ3v) is 4.42. The first-order chi connectivity index (χ1) is 9.31. The van der Waals surface area contributed by atoms with E-state index in [4.69, 9.17) is 5.73 Å². The van der Waals surface area contributed by atoms with Crippen LogP contribution >= 0.6 is 0 Å². The largest absolute Gasteiger partial charge is 0.324 e. The fraction of sp³-hybridized carbons (Fsp3) is 0.667. The molecule has 1 aromatic carbocycles. The topological polar surface area (TPSA) is 26.0 Å². The molecule has 1 nitrogen and oxygen atoms in total. The molecule has 0 bridgehead atoms. The number of hydrogen-bond donors (Lipinski definition) is 1. The lowest BCUT2D eigenvalue weighted by Crippen LogP contribution is -2.12. The minimum atomic E-state index is 0.244. The molecule has 0 heterocycles. The first-order valence-electron chi connectivity index (χ1n) is 8.18. The van der Waals surface area contributed by atoms with E-state index in [1.54, 1.807) is 11.1 Å². The van der Waals surface area contributed by atoms with Gasteiger partial charge in [-0.05, 0) is 48.8 Å². The van der Waals surface area contributed by atoms with E-state index in [-0.39, 0.29) is 6.04 Å². The molecular formula is C18H29N. The molecule has 2 N–H and O–H groups in total. The first kappa shape index (κ1) is 14.6. The molecule has 1 atom stereocenters. The van der Waals surface area contributed by atoms with Gasteiger partial charge >= 0.3 is 0 Å². The number of rotatable bonds is 7. The summed E-state index contributed by atoms with van der Waals surface area (Å²) in [6.45, 7) is 2.26. The summed E-state index contributed by atoms with van der Waals surface area (Å²) in [5, 5.41) is 0. The predicted octanol–water partition coefficient (Wildman–Crippen LogP) is 4.93. The zero-order chi connectivity index (χ0) is 13.5. The van der Waals surface area contributed by atoms with Crippen molar-refractivity contribution in [1.82, 2.24) is 0 Å². The minimum Gasteiger partial charge on any atom is -0.324 e. The average molecular weight is 259 g/mol. The van der Waals surface area contributed by atoms with Gasteiger partial charge in [0.2, 0.25) is 0 Å². The zero-order valence-corrected chi connectivity index (χ0v) is 12.5. The summed E-state index contributed by atoms with van der Waals surface area (Å²) in [7, 11) is 0. The second-order valence-corrected chi connectivity index (χ2v) is 6.04. The summed E-state index contributed by atoms with van der Waals surface area (Å²) in [6, 6.07) is 7.21. The lowest BCUT2D eigenvalue weighted by molar-refractivity contribution is 0.554. The Kier molecular flexibility index (Phi) is 5.91. The van der Waals surface area contributed by atoms with Gasteiger partial charge in [-0.25, -0.2) is 0 Å². The van der Waals surface area contributed by atoms with Crippen molar-refractivity contribution in [3.05, 3.63) is 34.9 Å². The maximum atomic E-state index is 6.34. The molecule has 1 unspecified atom stereocenters. The Bertz CT molecular complexity index is 383. The lowest BCUT2D eigenvalue weighted by Gasteiger charge is -2.19. The summed E-state index contributed by atoms with van der Waals surface area (Å²) in [5.74, 6) is 0. The maximum Gasteiger partial charge on any atom is 0.0294 e. The fourth-order valence-electron chi connectivity index (χ4n) is 3.12. The van der Waals surface area contributed by atoms with Crippen LogP contribution in [0.3, 0.4) is 0 Å². The van der Waals surface area contributed by atoms with Crippen molar-refractivity contribution in [1.29, 1.82) is 0 Å². The van der Waals surface area contributed by atoms with Crippen LogP contribution in [0.1, 0.15) is 81.0 Å². The summed E-state index contributed by atoms with van der Waals surface area (Å²) < 4.78 is 0. The van der Waals surface area contributed by atoms with E-state index < -0.39 is 0 Å². The third kappa shape index (κ3) is 4.35. The quantitative estimate of drug-likeness (QED) is 0.691. The van der Waals surface area contributed by atoms with Crippen molar-refractivity contribution in [2.75, 3.05) is 0 Å². The van der Waals surface area contributed by atoms with Crippen molar-refractivity contribution in [2.24, 2.45) is 5.73 Å². The molecule has 2 rings (SSSR count). The van der Waals surface area contributed by atoms with Gasteiger partial charge in [0.05, 0.1) is 0 Å². The molecule has 1 aliphatic rings. The van der Waals surface area contributed by atoms with Gasteiger partial charge in [-0.1, -0.05) is 57.2 Å².